The minimum atomic E-state index is 0.677. The normalized spacial score (nSPS) is 10.4. The number of unbranched alkanes of at least 4 members (excludes halogenated alkanes) is 1. The molecule has 0 heterocycles. The zero-order chi connectivity index (χ0) is 14.8. The molecule has 0 aromatic heterocycles. The highest BCUT2D eigenvalue weighted by Crippen LogP contribution is 2.38. The van der Waals surface area contributed by atoms with Gasteiger partial charge in [0.1, 0.15) is 0 Å². The van der Waals surface area contributed by atoms with Gasteiger partial charge in [-0.3, -0.25) is 0 Å². The first kappa shape index (κ1) is 16.6. The Morgan fingerprint density at radius 3 is 2.15 bits per heavy atom. The van der Waals surface area contributed by atoms with Gasteiger partial charge < -0.3 is 19.5 Å². The van der Waals surface area contributed by atoms with Gasteiger partial charge in [-0.15, -0.1) is 0 Å². The van der Waals surface area contributed by atoms with E-state index in [9.17, 15) is 0 Å². The first-order valence-corrected chi connectivity index (χ1v) is 7.35. The number of methoxy groups -OCH3 is 2. The van der Waals surface area contributed by atoms with Crippen LogP contribution in [0.5, 0.6) is 17.2 Å². The van der Waals surface area contributed by atoms with Gasteiger partial charge in [0.25, 0.3) is 0 Å². The van der Waals surface area contributed by atoms with Crippen LogP contribution in [0.2, 0.25) is 0 Å². The summed E-state index contributed by atoms with van der Waals surface area (Å²) < 4.78 is 16.7. The molecule has 1 aromatic carbocycles. The number of nitrogens with one attached hydrogen (secondary N) is 1. The molecule has 0 atom stereocenters. The predicted molar refractivity (Wildman–Crippen MR) is 81.9 cm³/mol. The molecule has 0 aliphatic rings. The van der Waals surface area contributed by atoms with Gasteiger partial charge in [0.2, 0.25) is 5.75 Å². The molecule has 0 radical (unpaired) electrons. The van der Waals surface area contributed by atoms with Crippen LogP contribution in [-0.4, -0.2) is 27.4 Å². The molecule has 0 bridgehead atoms. The molecule has 0 aliphatic heterocycles. The Bertz CT molecular complexity index is 368. The molecule has 20 heavy (non-hydrogen) atoms. The van der Waals surface area contributed by atoms with Crippen LogP contribution < -0.4 is 19.5 Å². The Labute approximate surface area is 122 Å². The van der Waals surface area contributed by atoms with Crippen molar-refractivity contribution in [1.29, 1.82) is 0 Å². The van der Waals surface area contributed by atoms with Crippen molar-refractivity contribution in [3.8, 4) is 17.2 Å². The Balaban J connectivity index is 2.86. The fourth-order valence-electron chi connectivity index (χ4n) is 1.91. The summed E-state index contributed by atoms with van der Waals surface area (Å²) in [4.78, 5) is 0. The zero-order valence-electron chi connectivity index (χ0n) is 13.1. The Hall–Kier alpha value is -1.42. The van der Waals surface area contributed by atoms with Crippen molar-refractivity contribution in [3.05, 3.63) is 17.7 Å². The standard InChI is InChI=1S/C16H27NO3/c1-5-7-9-20-16-14(18-3)10-13(11-15(16)19-4)12-17-8-6-2/h10-11,17H,5-9,12H2,1-4H3. The van der Waals surface area contributed by atoms with Gasteiger partial charge in [0.15, 0.2) is 11.5 Å². The highest BCUT2D eigenvalue weighted by atomic mass is 16.5. The van der Waals surface area contributed by atoms with Crippen molar-refractivity contribution in [3.63, 3.8) is 0 Å². The molecule has 0 fully saturated rings. The lowest BCUT2D eigenvalue weighted by molar-refractivity contribution is 0.269. The lowest BCUT2D eigenvalue weighted by Crippen LogP contribution is -2.14. The molecule has 4 nitrogen and oxygen atoms in total. The van der Waals surface area contributed by atoms with E-state index in [0.29, 0.717) is 12.4 Å². The molecule has 4 heteroatoms. The number of ether oxygens (including phenoxy) is 3. The molecular formula is C16H27NO3. The SMILES string of the molecule is CCCCOc1c(OC)cc(CNCCC)cc1OC. The summed E-state index contributed by atoms with van der Waals surface area (Å²) in [5, 5.41) is 3.37. The van der Waals surface area contributed by atoms with Crippen molar-refractivity contribution in [2.24, 2.45) is 0 Å². The van der Waals surface area contributed by atoms with Crippen LogP contribution in [-0.2, 0) is 6.54 Å². The van der Waals surface area contributed by atoms with Crippen LogP contribution in [0.4, 0.5) is 0 Å². The fourth-order valence-corrected chi connectivity index (χ4v) is 1.91. The second-order valence-corrected chi connectivity index (χ2v) is 4.71. The summed E-state index contributed by atoms with van der Waals surface area (Å²) in [6.45, 7) is 6.77. The second-order valence-electron chi connectivity index (χ2n) is 4.71. The quantitative estimate of drug-likeness (QED) is 0.667. The van der Waals surface area contributed by atoms with Gasteiger partial charge in [-0.2, -0.15) is 0 Å². The van der Waals surface area contributed by atoms with E-state index in [-0.39, 0.29) is 0 Å². The molecule has 1 N–H and O–H groups in total. The van der Waals surface area contributed by atoms with Crippen LogP contribution in [0, 0.1) is 0 Å². The third-order valence-corrected chi connectivity index (χ3v) is 3.02. The van der Waals surface area contributed by atoms with Crippen molar-refractivity contribution < 1.29 is 14.2 Å². The van der Waals surface area contributed by atoms with Gasteiger partial charge in [-0.25, -0.2) is 0 Å². The number of hydrogen-bond acceptors (Lipinski definition) is 4. The minimum absolute atomic E-state index is 0.677. The van der Waals surface area contributed by atoms with E-state index in [1.54, 1.807) is 14.2 Å². The molecule has 0 saturated heterocycles. The van der Waals surface area contributed by atoms with Crippen LogP contribution in [0.3, 0.4) is 0 Å². The van der Waals surface area contributed by atoms with E-state index in [1.165, 1.54) is 0 Å². The molecule has 0 saturated carbocycles. The van der Waals surface area contributed by atoms with E-state index in [0.717, 1.165) is 49.4 Å². The molecule has 0 spiro atoms. The Morgan fingerprint density at radius 2 is 1.65 bits per heavy atom. The molecule has 1 aromatic rings. The lowest BCUT2D eigenvalue weighted by Gasteiger charge is -2.16. The van der Waals surface area contributed by atoms with E-state index in [2.05, 4.69) is 19.2 Å². The summed E-state index contributed by atoms with van der Waals surface area (Å²) in [6.07, 6.45) is 3.24. The molecule has 0 unspecified atom stereocenters. The molecule has 114 valence electrons. The zero-order valence-corrected chi connectivity index (χ0v) is 13.1. The van der Waals surface area contributed by atoms with Gasteiger partial charge in [-0.05, 0) is 37.1 Å². The van der Waals surface area contributed by atoms with Crippen LogP contribution >= 0.6 is 0 Å². The highest BCUT2D eigenvalue weighted by Gasteiger charge is 2.13. The summed E-state index contributed by atoms with van der Waals surface area (Å²) in [5.41, 5.74) is 1.13. The summed E-state index contributed by atoms with van der Waals surface area (Å²) in [7, 11) is 3.31. The van der Waals surface area contributed by atoms with Gasteiger partial charge >= 0.3 is 0 Å². The molecule has 0 amide bonds. The molecule has 1 rings (SSSR count). The van der Waals surface area contributed by atoms with Crippen molar-refractivity contribution in [1.82, 2.24) is 5.32 Å². The van der Waals surface area contributed by atoms with Gasteiger partial charge in [-0.1, -0.05) is 20.3 Å². The second kappa shape index (κ2) is 9.48. The first-order chi connectivity index (χ1) is 9.76. The van der Waals surface area contributed by atoms with Crippen LogP contribution in [0.15, 0.2) is 12.1 Å². The van der Waals surface area contributed by atoms with Gasteiger partial charge in [0.05, 0.1) is 20.8 Å². The number of rotatable bonds is 10. The van der Waals surface area contributed by atoms with Crippen molar-refractivity contribution in [2.45, 2.75) is 39.7 Å². The fraction of sp³-hybridized carbons (Fsp3) is 0.625. The topological polar surface area (TPSA) is 39.7 Å². The minimum Gasteiger partial charge on any atom is -0.493 e. The van der Waals surface area contributed by atoms with Gasteiger partial charge in [0, 0.05) is 6.54 Å². The summed E-state index contributed by atoms with van der Waals surface area (Å²) >= 11 is 0. The number of benzene rings is 1. The monoisotopic (exact) mass is 281 g/mol. The van der Waals surface area contributed by atoms with E-state index in [4.69, 9.17) is 14.2 Å². The van der Waals surface area contributed by atoms with E-state index >= 15 is 0 Å². The molecular weight excluding hydrogens is 254 g/mol. The summed E-state index contributed by atoms with van der Waals surface area (Å²) in [5.74, 6) is 2.16. The van der Waals surface area contributed by atoms with Crippen LogP contribution in [0.1, 0.15) is 38.7 Å². The average Bonchev–Trinajstić information content (AvgIpc) is 2.48. The largest absolute Gasteiger partial charge is 0.493 e. The maximum atomic E-state index is 5.80. The summed E-state index contributed by atoms with van der Waals surface area (Å²) in [6, 6.07) is 4.01. The van der Waals surface area contributed by atoms with E-state index < -0.39 is 0 Å². The Morgan fingerprint density at radius 1 is 1.00 bits per heavy atom. The van der Waals surface area contributed by atoms with Crippen molar-refractivity contribution in [2.75, 3.05) is 27.4 Å². The maximum Gasteiger partial charge on any atom is 0.203 e. The predicted octanol–water partition coefficient (Wildman–Crippen LogP) is 3.38. The van der Waals surface area contributed by atoms with E-state index in [1.807, 2.05) is 12.1 Å². The highest BCUT2D eigenvalue weighted by molar-refractivity contribution is 5.53. The third-order valence-electron chi connectivity index (χ3n) is 3.02. The Kier molecular flexibility index (Phi) is 7.88. The maximum absolute atomic E-state index is 5.80. The first-order valence-electron chi connectivity index (χ1n) is 7.35. The van der Waals surface area contributed by atoms with Crippen LogP contribution in [0.25, 0.3) is 0 Å². The van der Waals surface area contributed by atoms with Crippen molar-refractivity contribution >= 4 is 0 Å². The lowest BCUT2D eigenvalue weighted by atomic mass is 10.1. The number of hydrogen-bond donors (Lipinski definition) is 1. The average molecular weight is 281 g/mol. The smallest absolute Gasteiger partial charge is 0.203 e. The third kappa shape index (κ3) is 4.93. The molecule has 0 aliphatic carbocycles.